The fraction of sp³-hybridized carbons (Fsp3) is 0.250. The lowest BCUT2D eigenvalue weighted by atomic mass is 10.2. The first kappa shape index (κ1) is 18.5. The Labute approximate surface area is 166 Å². The van der Waals surface area contributed by atoms with E-state index in [1.54, 1.807) is 29.3 Å². The Morgan fingerprint density at radius 2 is 1.93 bits per heavy atom. The number of thioether (sulfide) groups is 1. The number of carbonyl (C=O) groups excluding carboxylic acids is 2. The average Bonchev–Trinajstić information content (AvgIpc) is 3.12. The molecule has 0 aliphatic carbocycles. The van der Waals surface area contributed by atoms with Gasteiger partial charge in [0.2, 0.25) is 5.76 Å². The number of fused-ring (bicyclic) bond motifs is 1. The number of carbonyl (C=O) groups is 2. The van der Waals surface area contributed by atoms with E-state index < -0.39 is 0 Å². The zero-order chi connectivity index (χ0) is 19.5. The number of aromatic nitrogens is 1. The molecule has 7 nitrogen and oxygen atoms in total. The second-order valence-corrected chi connectivity index (χ2v) is 7.02. The molecule has 0 atom stereocenters. The summed E-state index contributed by atoms with van der Waals surface area (Å²) in [5.41, 5.74) is 1.38. The molecule has 0 bridgehead atoms. The van der Waals surface area contributed by atoms with Crippen LogP contribution < -0.4 is 5.32 Å². The summed E-state index contributed by atoms with van der Waals surface area (Å²) >= 11 is 1.39. The number of morpholine rings is 1. The van der Waals surface area contributed by atoms with Gasteiger partial charge in [-0.05, 0) is 30.5 Å². The molecular formula is C20H19N3O4S. The summed E-state index contributed by atoms with van der Waals surface area (Å²) in [4.78, 5) is 31.9. The quantitative estimate of drug-likeness (QED) is 0.680. The van der Waals surface area contributed by atoms with Gasteiger partial charge >= 0.3 is 0 Å². The molecule has 0 unspecified atom stereocenters. The minimum Gasteiger partial charge on any atom is -0.449 e. The largest absolute Gasteiger partial charge is 0.449 e. The number of hydrogen-bond acceptors (Lipinski definition) is 6. The molecule has 8 heteroatoms. The van der Waals surface area contributed by atoms with Gasteiger partial charge in [-0.2, -0.15) is 0 Å². The first-order chi connectivity index (χ1) is 13.7. The number of amides is 2. The summed E-state index contributed by atoms with van der Waals surface area (Å²) in [5.74, 6) is -0.461. The van der Waals surface area contributed by atoms with Crippen molar-refractivity contribution in [3.05, 3.63) is 53.9 Å². The van der Waals surface area contributed by atoms with Gasteiger partial charge < -0.3 is 19.4 Å². The van der Waals surface area contributed by atoms with Gasteiger partial charge in [-0.1, -0.05) is 12.1 Å². The summed E-state index contributed by atoms with van der Waals surface area (Å²) in [6.07, 6.45) is 3.50. The molecule has 2 aromatic heterocycles. The van der Waals surface area contributed by atoms with Crippen LogP contribution in [0, 0.1) is 0 Å². The van der Waals surface area contributed by atoms with Crippen molar-refractivity contribution in [2.75, 3.05) is 37.9 Å². The Morgan fingerprint density at radius 1 is 1.14 bits per heavy atom. The minimum absolute atomic E-state index is 0.131. The summed E-state index contributed by atoms with van der Waals surface area (Å²) in [7, 11) is 0. The number of ether oxygens (including phenoxy) is 1. The van der Waals surface area contributed by atoms with E-state index in [-0.39, 0.29) is 17.6 Å². The van der Waals surface area contributed by atoms with Crippen molar-refractivity contribution in [1.29, 1.82) is 0 Å². The van der Waals surface area contributed by atoms with Crippen molar-refractivity contribution in [2.24, 2.45) is 0 Å². The Kier molecular flexibility index (Phi) is 5.31. The smallest absolute Gasteiger partial charge is 0.291 e. The van der Waals surface area contributed by atoms with Crippen molar-refractivity contribution in [3.8, 4) is 0 Å². The molecule has 2 amide bonds. The minimum atomic E-state index is -0.333. The zero-order valence-corrected chi connectivity index (χ0v) is 16.1. The number of nitrogens with zero attached hydrogens (tertiary/aromatic N) is 2. The fourth-order valence-electron chi connectivity index (χ4n) is 3.14. The van der Waals surface area contributed by atoms with Gasteiger partial charge in [0.05, 0.1) is 18.8 Å². The normalized spacial score (nSPS) is 14.2. The number of anilines is 1. The van der Waals surface area contributed by atoms with Crippen LogP contribution in [0.15, 0.2) is 52.0 Å². The number of rotatable bonds is 4. The average molecular weight is 397 g/mol. The lowest BCUT2D eigenvalue weighted by molar-refractivity contribution is 0.0285. The Balaban J connectivity index is 1.73. The van der Waals surface area contributed by atoms with E-state index in [9.17, 15) is 9.59 Å². The third-order valence-corrected chi connectivity index (χ3v) is 5.25. The Morgan fingerprint density at radius 3 is 2.71 bits per heavy atom. The van der Waals surface area contributed by atoms with Crippen molar-refractivity contribution in [3.63, 3.8) is 0 Å². The van der Waals surface area contributed by atoms with E-state index in [0.717, 1.165) is 0 Å². The SMILES string of the molecule is CSc1ncccc1C(=O)Nc1c(C(=O)N2CCOCC2)oc2ccccc12. The number of furan rings is 1. The van der Waals surface area contributed by atoms with Gasteiger partial charge in [-0.3, -0.25) is 9.59 Å². The second kappa shape index (κ2) is 8.04. The summed E-state index contributed by atoms with van der Waals surface area (Å²) in [5, 5.41) is 4.18. The molecule has 4 rings (SSSR count). The van der Waals surface area contributed by atoms with Crippen LogP contribution in [0.1, 0.15) is 20.9 Å². The van der Waals surface area contributed by atoms with Gasteiger partial charge in [-0.25, -0.2) is 4.98 Å². The Bertz CT molecular complexity index is 1030. The molecule has 3 aromatic rings. The highest BCUT2D eigenvalue weighted by molar-refractivity contribution is 7.98. The third kappa shape index (κ3) is 3.48. The molecule has 3 heterocycles. The van der Waals surface area contributed by atoms with Crippen molar-refractivity contribution in [2.45, 2.75) is 5.03 Å². The first-order valence-corrected chi connectivity index (χ1v) is 10.1. The maximum Gasteiger partial charge on any atom is 0.291 e. The number of hydrogen-bond donors (Lipinski definition) is 1. The van der Waals surface area contributed by atoms with Crippen LogP contribution in [0.4, 0.5) is 5.69 Å². The van der Waals surface area contributed by atoms with Crippen LogP contribution in [0.3, 0.4) is 0 Å². The topological polar surface area (TPSA) is 84.7 Å². The second-order valence-electron chi connectivity index (χ2n) is 6.22. The van der Waals surface area contributed by atoms with Gasteiger partial charge in [0.15, 0.2) is 0 Å². The van der Waals surface area contributed by atoms with Crippen LogP contribution in [0.2, 0.25) is 0 Å². The van der Waals surface area contributed by atoms with E-state index in [0.29, 0.717) is 53.5 Å². The highest BCUT2D eigenvalue weighted by Gasteiger charge is 2.28. The maximum absolute atomic E-state index is 13.0. The molecule has 1 fully saturated rings. The zero-order valence-electron chi connectivity index (χ0n) is 15.3. The number of benzene rings is 1. The lowest BCUT2D eigenvalue weighted by Crippen LogP contribution is -2.40. The fourth-order valence-corrected chi connectivity index (χ4v) is 3.68. The van der Waals surface area contributed by atoms with Crippen LogP contribution in [0.25, 0.3) is 11.0 Å². The maximum atomic E-state index is 13.0. The van der Waals surface area contributed by atoms with E-state index in [4.69, 9.17) is 9.15 Å². The molecule has 1 N–H and O–H groups in total. The Hall–Kier alpha value is -2.84. The van der Waals surface area contributed by atoms with Crippen LogP contribution in [0.5, 0.6) is 0 Å². The summed E-state index contributed by atoms with van der Waals surface area (Å²) < 4.78 is 11.2. The van der Waals surface area contributed by atoms with Crippen LogP contribution in [-0.4, -0.2) is 54.3 Å². The molecule has 1 aromatic carbocycles. The van der Waals surface area contributed by atoms with Crippen molar-refractivity contribution < 1.29 is 18.7 Å². The van der Waals surface area contributed by atoms with Gasteiger partial charge in [0.1, 0.15) is 16.3 Å². The van der Waals surface area contributed by atoms with Gasteiger partial charge in [0, 0.05) is 24.7 Å². The first-order valence-electron chi connectivity index (χ1n) is 8.88. The van der Waals surface area contributed by atoms with Crippen LogP contribution in [-0.2, 0) is 4.74 Å². The van der Waals surface area contributed by atoms with Crippen molar-refractivity contribution >= 4 is 40.2 Å². The lowest BCUT2D eigenvalue weighted by Gasteiger charge is -2.26. The van der Waals surface area contributed by atoms with Crippen LogP contribution >= 0.6 is 11.8 Å². The molecule has 0 radical (unpaired) electrons. The predicted molar refractivity (Wildman–Crippen MR) is 107 cm³/mol. The standard InChI is InChI=1S/C20H19N3O4S/c1-28-19-14(6-4-8-21-19)18(24)22-16-13-5-2-3-7-15(13)27-17(16)20(25)23-9-11-26-12-10-23/h2-8H,9-12H2,1H3,(H,22,24). The molecule has 144 valence electrons. The number of nitrogens with one attached hydrogen (secondary N) is 1. The van der Waals surface area contributed by atoms with E-state index in [1.807, 2.05) is 24.5 Å². The predicted octanol–water partition coefficient (Wildman–Crippen LogP) is 3.27. The monoisotopic (exact) mass is 397 g/mol. The molecule has 28 heavy (non-hydrogen) atoms. The van der Waals surface area contributed by atoms with E-state index in [1.165, 1.54) is 11.8 Å². The van der Waals surface area contributed by atoms with Gasteiger partial charge in [-0.15, -0.1) is 11.8 Å². The van der Waals surface area contributed by atoms with E-state index in [2.05, 4.69) is 10.3 Å². The molecule has 0 spiro atoms. The number of pyridine rings is 1. The number of para-hydroxylation sites is 1. The highest BCUT2D eigenvalue weighted by Crippen LogP contribution is 2.32. The van der Waals surface area contributed by atoms with E-state index >= 15 is 0 Å². The molecular weight excluding hydrogens is 378 g/mol. The van der Waals surface area contributed by atoms with Gasteiger partial charge in [0.25, 0.3) is 11.8 Å². The molecule has 1 saturated heterocycles. The third-order valence-electron chi connectivity index (χ3n) is 4.54. The summed E-state index contributed by atoms with van der Waals surface area (Å²) in [6.45, 7) is 1.95. The molecule has 0 saturated carbocycles. The molecule has 1 aliphatic rings. The summed E-state index contributed by atoms with van der Waals surface area (Å²) in [6, 6.07) is 10.7. The highest BCUT2D eigenvalue weighted by atomic mass is 32.2. The molecule has 1 aliphatic heterocycles. The van der Waals surface area contributed by atoms with Crippen molar-refractivity contribution in [1.82, 2.24) is 9.88 Å².